The Morgan fingerprint density at radius 1 is 1.15 bits per heavy atom. The Hall–Kier alpha value is -0.120. The summed E-state index contributed by atoms with van der Waals surface area (Å²) in [6.07, 6.45) is 5.41. The second kappa shape index (κ2) is 6.76. The van der Waals surface area contributed by atoms with Crippen LogP contribution in [0.3, 0.4) is 0 Å². The number of hydrogen-bond donors (Lipinski definition) is 1. The van der Waals surface area contributed by atoms with Crippen molar-refractivity contribution in [2.24, 2.45) is 5.41 Å². The molecule has 0 radical (unpaired) electrons. The number of fused-ring (bicyclic) bond motifs is 2. The van der Waals surface area contributed by atoms with Gasteiger partial charge in [0.1, 0.15) is 0 Å². The first-order chi connectivity index (χ1) is 9.41. The highest BCUT2D eigenvalue weighted by atomic mass is 15.3. The molecule has 0 amide bonds. The molecule has 0 saturated carbocycles. The Labute approximate surface area is 126 Å². The summed E-state index contributed by atoms with van der Waals surface area (Å²) in [5.41, 5.74) is 0.340. The molecule has 3 heteroatoms. The monoisotopic (exact) mass is 281 g/mol. The zero-order chi connectivity index (χ0) is 14.8. The van der Waals surface area contributed by atoms with Crippen LogP contribution in [0.25, 0.3) is 0 Å². The molecule has 2 heterocycles. The molecular weight excluding hydrogens is 246 g/mol. The number of likely N-dealkylation sites (tertiary alicyclic amines) is 1. The Kier molecular flexibility index (Phi) is 5.49. The van der Waals surface area contributed by atoms with Crippen molar-refractivity contribution in [2.75, 3.05) is 33.2 Å². The molecule has 1 N–H and O–H groups in total. The predicted molar refractivity (Wildman–Crippen MR) is 87.2 cm³/mol. The standard InChI is InChI=1S/C17H35N3/c1-6-10-18-16(17(2,3)4)13-20-11-9-14-7-8-15(12-20)19(14)5/h14-16,18H,6-13H2,1-5H3. The van der Waals surface area contributed by atoms with Gasteiger partial charge in [-0.1, -0.05) is 27.7 Å². The van der Waals surface area contributed by atoms with E-state index >= 15 is 0 Å². The van der Waals surface area contributed by atoms with Gasteiger partial charge in [-0.05, 0) is 51.2 Å². The Bertz CT molecular complexity index is 297. The molecule has 3 unspecified atom stereocenters. The van der Waals surface area contributed by atoms with E-state index in [1.54, 1.807) is 0 Å². The Morgan fingerprint density at radius 3 is 2.50 bits per heavy atom. The largest absolute Gasteiger partial charge is 0.312 e. The third-order valence-electron chi connectivity index (χ3n) is 5.36. The number of nitrogens with one attached hydrogen (secondary N) is 1. The lowest BCUT2D eigenvalue weighted by molar-refractivity contribution is 0.159. The first-order valence-electron chi connectivity index (χ1n) is 8.59. The van der Waals surface area contributed by atoms with Crippen LogP contribution in [0.4, 0.5) is 0 Å². The van der Waals surface area contributed by atoms with Crippen molar-refractivity contribution >= 4 is 0 Å². The van der Waals surface area contributed by atoms with Gasteiger partial charge in [0.25, 0.3) is 0 Å². The summed E-state index contributed by atoms with van der Waals surface area (Å²) in [7, 11) is 2.34. The Morgan fingerprint density at radius 2 is 1.85 bits per heavy atom. The smallest absolute Gasteiger partial charge is 0.0243 e. The van der Waals surface area contributed by atoms with Crippen molar-refractivity contribution in [3.63, 3.8) is 0 Å². The molecule has 3 nitrogen and oxygen atoms in total. The van der Waals surface area contributed by atoms with Gasteiger partial charge in [-0.25, -0.2) is 0 Å². The van der Waals surface area contributed by atoms with Crippen molar-refractivity contribution in [1.82, 2.24) is 15.1 Å². The van der Waals surface area contributed by atoms with E-state index in [4.69, 9.17) is 0 Å². The minimum absolute atomic E-state index is 0.340. The molecule has 2 saturated heterocycles. The number of likely N-dealkylation sites (N-methyl/N-ethyl adjacent to an activating group) is 1. The molecule has 3 atom stereocenters. The summed E-state index contributed by atoms with van der Waals surface area (Å²) in [5.74, 6) is 0. The summed E-state index contributed by atoms with van der Waals surface area (Å²) in [6.45, 7) is 14.3. The fourth-order valence-corrected chi connectivity index (χ4v) is 3.77. The molecule has 0 aromatic carbocycles. The van der Waals surface area contributed by atoms with E-state index in [9.17, 15) is 0 Å². The molecule has 2 aliphatic rings. The maximum atomic E-state index is 3.78. The Balaban J connectivity index is 1.93. The van der Waals surface area contributed by atoms with Crippen LogP contribution in [-0.2, 0) is 0 Å². The van der Waals surface area contributed by atoms with Gasteiger partial charge in [0.15, 0.2) is 0 Å². The van der Waals surface area contributed by atoms with Crippen LogP contribution in [0.2, 0.25) is 0 Å². The summed E-state index contributed by atoms with van der Waals surface area (Å²) < 4.78 is 0. The number of rotatable bonds is 5. The normalized spacial score (nSPS) is 30.4. The van der Waals surface area contributed by atoms with Crippen molar-refractivity contribution in [2.45, 2.75) is 71.5 Å². The van der Waals surface area contributed by atoms with Gasteiger partial charge in [-0.2, -0.15) is 0 Å². The molecule has 0 spiro atoms. The molecule has 20 heavy (non-hydrogen) atoms. The van der Waals surface area contributed by atoms with Gasteiger partial charge in [0.05, 0.1) is 0 Å². The van der Waals surface area contributed by atoms with Crippen LogP contribution in [0.5, 0.6) is 0 Å². The third-order valence-corrected chi connectivity index (χ3v) is 5.36. The van der Waals surface area contributed by atoms with E-state index in [1.807, 2.05) is 0 Å². The van der Waals surface area contributed by atoms with E-state index in [0.717, 1.165) is 18.6 Å². The highest BCUT2D eigenvalue weighted by Gasteiger charge is 2.36. The minimum atomic E-state index is 0.340. The van der Waals surface area contributed by atoms with E-state index in [-0.39, 0.29) is 0 Å². The van der Waals surface area contributed by atoms with Gasteiger partial charge in [-0.3, -0.25) is 4.90 Å². The van der Waals surface area contributed by atoms with Crippen LogP contribution in [0.15, 0.2) is 0 Å². The fraction of sp³-hybridized carbons (Fsp3) is 1.00. The fourth-order valence-electron chi connectivity index (χ4n) is 3.77. The van der Waals surface area contributed by atoms with Crippen molar-refractivity contribution < 1.29 is 0 Å². The number of hydrogen-bond acceptors (Lipinski definition) is 3. The van der Waals surface area contributed by atoms with Gasteiger partial charge in [-0.15, -0.1) is 0 Å². The highest BCUT2D eigenvalue weighted by molar-refractivity contribution is 4.93. The molecule has 0 aromatic heterocycles. The summed E-state index contributed by atoms with van der Waals surface area (Å²) in [6, 6.07) is 2.25. The summed E-state index contributed by atoms with van der Waals surface area (Å²) >= 11 is 0. The third kappa shape index (κ3) is 3.96. The number of nitrogens with zero attached hydrogens (tertiary/aromatic N) is 2. The lowest BCUT2D eigenvalue weighted by Crippen LogP contribution is -2.50. The molecule has 2 rings (SSSR count). The molecule has 118 valence electrons. The quantitative estimate of drug-likeness (QED) is 0.835. The van der Waals surface area contributed by atoms with Gasteiger partial charge < -0.3 is 10.2 Å². The predicted octanol–water partition coefficient (Wildman–Crippen LogP) is 2.57. The van der Waals surface area contributed by atoms with Crippen molar-refractivity contribution in [3.8, 4) is 0 Å². The first kappa shape index (κ1) is 16.3. The van der Waals surface area contributed by atoms with Crippen LogP contribution >= 0.6 is 0 Å². The van der Waals surface area contributed by atoms with Gasteiger partial charge in [0, 0.05) is 31.2 Å². The molecule has 2 aliphatic heterocycles. The van der Waals surface area contributed by atoms with Crippen LogP contribution in [0.1, 0.15) is 53.4 Å². The second-order valence-corrected chi connectivity index (χ2v) is 7.97. The molecule has 0 aliphatic carbocycles. The first-order valence-corrected chi connectivity index (χ1v) is 8.59. The lowest BCUT2D eigenvalue weighted by Gasteiger charge is -2.37. The molecule has 2 bridgehead atoms. The SMILES string of the molecule is CCCNC(CN1CCC2CCC(C1)N2C)C(C)(C)C. The zero-order valence-corrected chi connectivity index (χ0v) is 14.3. The molecular formula is C17H35N3. The second-order valence-electron chi connectivity index (χ2n) is 7.97. The summed E-state index contributed by atoms with van der Waals surface area (Å²) in [5, 5.41) is 3.78. The van der Waals surface area contributed by atoms with E-state index in [2.05, 4.69) is 49.9 Å². The maximum absolute atomic E-state index is 3.78. The van der Waals surface area contributed by atoms with Crippen LogP contribution in [0, 0.1) is 5.41 Å². The average molecular weight is 281 g/mol. The maximum Gasteiger partial charge on any atom is 0.0243 e. The molecule has 0 aromatic rings. The van der Waals surface area contributed by atoms with Gasteiger partial charge >= 0.3 is 0 Å². The summed E-state index contributed by atoms with van der Waals surface area (Å²) in [4.78, 5) is 5.37. The molecule has 2 fully saturated rings. The van der Waals surface area contributed by atoms with Crippen LogP contribution in [-0.4, -0.2) is 61.2 Å². The van der Waals surface area contributed by atoms with Crippen molar-refractivity contribution in [1.29, 1.82) is 0 Å². The van der Waals surface area contributed by atoms with E-state index in [0.29, 0.717) is 11.5 Å². The van der Waals surface area contributed by atoms with E-state index < -0.39 is 0 Å². The highest BCUT2D eigenvalue weighted by Crippen LogP contribution is 2.29. The van der Waals surface area contributed by atoms with Gasteiger partial charge in [0.2, 0.25) is 0 Å². The topological polar surface area (TPSA) is 18.5 Å². The van der Waals surface area contributed by atoms with Crippen LogP contribution < -0.4 is 5.32 Å². The lowest BCUT2D eigenvalue weighted by atomic mass is 9.86. The van der Waals surface area contributed by atoms with E-state index in [1.165, 1.54) is 45.3 Å². The average Bonchev–Trinajstić information content (AvgIpc) is 2.60. The van der Waals surface area contributed by atoms with Crippen molar-refractivity contribution in [3.05, 3.63) is 0 Å². The minimum Gasteiger partial charge on any atom is -0.312 e. The zero-order valence-electron chi connectivity index (χ0n) is 14.3.